The number of benzene rings is 2. The van der Waals surface area contributed by atoms with Crippen molar-refractivity contribution in [3.8, 4) is 17.2 Å². The zero-order chi connectivity index (χ0) is 15.5. The third-order valence-electron chi connectivity index (χ3n) is 3.58. The number of aromatic nitrogens is 1. The molecule has 0 unspecified atom stereocenters. The second kappa shape index (κ2) is 5.92. The molecule has 0 radical (unpaired) electrons. The minimum absolute atomic E-state index is 0.378. The lowest BCUT2D eigenvalue weighted by atomic mass is 9.94. The zero-order valence-corrected chi connectivity index (χ0v) is 11.9. The Morgan fingerprint density at radius 1 is 1.14 bits per heavy atom. The second-order valence-corrected chi connectivity index (χ2v) is 4.99. The van der Waals surface area contributed by atoms with Crippen LogP contribution in [0, 0.1) is 17.1 Å². The van der Waals surface area contributed by atoms with Crippen molar-refractivity contribution in [2.24, 2.45) is 5.73 Å². The summed E-state index contributed by atoms with van der Waals surface area (Å²) in [5.41, 5.74) is 9.14. The molecule has 0 aliphatic carbocycles. The van der Waals surface area contributed by atoms with E-state index in [0.29, 0.717) is 29.4 Å². The minimum atomic E-state index is -0.378. The standard InChI is InChI=1S/C18H14FN3/c19-13-6-7-16-14(10-13)15(11-21)18(17(22-16)8-9-20)12-4-2-1-3-5-12/h1-7,10H,8-9,20H2. The van der Waals surface area contributed by atoms with Crippen LogP contribution in [0.25, 0.3) is 22.0 Å². The van der Waals surface area contributed by atoms with E-state index >= 15 is 0 Å². The molecule has 0 aliphatic heterocycles. The van der Waals surface area contributed by atoms with Crippen molar-refractivity contribution >= 4 is 10.9 Å². The first kappa shape index (κ1) is 14.2. The smallest absolute Gasteiger partial charge is 0.124 e. The summed E-state index contributed by atoms with van der Waals surface area (Å²) in [6.07, 6.45) is 0.562. The molecule has 0 aliphatic rings. The molecular formula is C18H14FN3. The number of nitrogens with two attached hydrogens (primary N) is 1. The van der Waals surface area contributed by atoms with Crippen LogP contribution in [0.15, 0.2) is 48.5 Å². The van der Waals surface area contributed by atoms with Gasteiger partial charge in [0.05, 0.1) is 16.8 Å². The number of halogens is 1. The molecule has 0 saturated carbocycles. The lowest BCUT2D eigenvalue weighted by Crippen LogP contribution is -2.08. The molecule has 0 fully saturated rings. The van der Waals surface area contributed by atoms with Gasteiger partial charge in [-0.05, 0) is 30.3 Å². The fourth-order valence-electron chi connectivity index (χ4n) is 2.64. The Bertz CT molecular complexity index is 867. The molecule has 0 bridgehead atoms. The first-order chi connectivity index (χ1) is 10.7. The van der Waals surface area contributed by atoms with E-state index in [0.717, 1.165) is 16.8 Å². The molecule has 3 nitrogen and oxygen atoms in total. The van der Waals surface area contributed by atoms with Crippen LogP contribution in [0.1, 0.15) is 11.3 Å². The van der Waals surface area contributed by atoms with Crippen molar-refractivity contribution in [2.75, 3.05) is 6.54 Å². The molecular weight excluding hydrogens is 277 g/mol. The third-order valence-corrected chi connectivity index (χ3v) is 3.58. The summed E-state index contributed by atoms with van der Waals surface area (Å²) >= 11 is 0. The highest BCUT2D eigenvalue weighted by Crippen LogP contribution is 2.32. The van der Waals surface area contributed by atoms with Crippen molar-refractivity contribution in [3.63, 3.8) is 0 Å². The SMILES string of the molecule is N#Cc1c(-c2ccccc2)c(CCN)nc2ccc(F)cc12. The van der Waals surface area contributed by atoms with Gasteiger partial charge in [0.1, 0.15) is 11.9 Å². The Kier molecular flexibility index (Phi) is 3.82. The summed E-state index contributed by atoms with van der Waals surface area (Å²) in [6, 6.07) is 16.1. The first-order valence-electron chi connectivity index (χ1n) is 7.02. The minimum Gasteiger partial charge on any atom is -0.330 e. The van der Waals surface area contributed by atoms with Gasteiger partial charge in [0, 0.05) is 17.4 Å². The summed E-state index contributed by atoms with van der Waals surface area (Å²) in [7, 11) is 0. The number of nitriles is 1. The molecule has 0 atom stereocenters. The molecule has 22 heavy (non-hydrogen) atoms. The van der Waals surface area contributed by atoms with Crippen LogP contribution in [0.5, 0.6) is 0 Å². The molecule has 2 N–H and O–H groups in total. The van der Waals surface area contributed by atoms with Crippen LogP contribution in [-0.2, 0) is 6.42 Å². The Labute approximate surface area is 127 Å². The third kappa shape index (κ3) is 2.43. The molecule has 0 spiro atoms. The van der Waals surface area contributed by atoms with E-state index in [4.69, 9.17) is 5.73 Å². The lowest BCUT2D eigenvalue weighted by Gasteiger charge is -2.13. The van der Waals surface area contributed by atoms with Crippen LogP contribution in [0.4, 0.5) is 4.39 Å². The van der Waals surface area contributed by atoms with Crippen molar-refractivity contribution in [1.82, 2.24) is 4.98 Å². The summed E-state index contributed by atoms with van der Waals surface area (Å²) in [6.45, 7) is 0.435. The van der Waals surface area contributed by atoms with Crippen LogP contribution in [0.2, 0.25) is 0 Å². The average molecular weight is 291 g/mol. The molecule has 3 aromatic rings. The van der Waals surface area contributed by atoms with E-state index in [1.165, 1.54) is 12.1 Å². The number of fused-ring (bicyclic) bond motifs is 1. The molecule has 1 heterocycles. The number of hydrogen-bond acceptors (Lipinski definition) is 3. The quantitative estimate of drug-likeness (QED) is 0.804. The molecule has 4 heteroatoms. The Morgan fingerprint density at radius 2 is 1.91 bits per heavy atom. The molecule has 0 amide bonds. The summed E-state index contributed by atoms with van der Waals surface area (Å²) in [5, 5.41) is 10.2. The van der Waals surface area contributed by atoms with Crippen LogP contribution >= 0.6 is 0 Å². The maximum atomic E-state index is 13.6. The largest absolute Gasteiger partial charge is 0.330 e. The zero-order valence-electron chi connectivity index (χ0n) is 11.9. The van der Waals surface area contributed by atoms with Gasteiger partial charge in [0.15, 0.2) is 0 Å². The van der Waals surface area contributed by atoms with E-state index in [1.54, 1.807) is 6.07 Å². The van der Waals surface area contributed by atoms with E-state index in [2.05, 4.69) is 11.1 Å². The maximum absolute atomic E-state index is 13.6. The van der Waals surface area contributed by atoms with E-state index in [-0.39, 0.29) is 5.82 Å². The predicted molar refractivity (Wildman–Crippen MR) is 84.6 cm³/mol. The Morgan fingerprint density at radius 3 is 2.59 bits per heavy atom. The molecule has 1 aromatic heterocycles. The Hall–Kier alpha value is -2.77. The number of rotatable bonds is 3. The highest BCUT2D eigenvalue weighted by Gasteiger charge is 2.16. The van der Waals surface area contributed by atoms with Crippen molar-refractivity contribution in [1.29, 1.82) is 5.26 Å². The van der Waals surface area contributed by atoms with Crippen molar-refractivity contribution in [3.05, 3.63) is 65.6 Å². The van der Waals surface area contributed by atoms with Gasteiger partial charge in [0.25, 0.3) is 0 Å². The second-order valence-electron chi connectivity index (χ2n) is 4.99. The van der Waals surface area contributed by atoms with Crippen LogP contribution < -0.4 is 5.73 Å². The predicted octanol–water partition coefficient (Wildman–Crippen LogP) is 3.41. The fraction of sp³-hybridized carbons (Fsp3) is 0.111. The van der Waals surface area contributed by atoms with Gasteiger partial charge in [0.2, 0.25) is 0 Å². The van der Waals surface area contributed by atoms with Gasteiger partial charge in [-0.2, -0.15) is 5.26 Å². The molecule has 108 valence electrons. The normalized spacial score (nSPS) is 10.6. The number of pyridine rings is 1. The summed E-state index contributed by atoms with van der Waals surface area (Å²) < 4.78 is 13.6. The van der Waals surface area contributed by atoms with Crippen LogP contribution in [-0.4, -0.2) is 11.5 Å². The van der Waals surface area contributed by atoms with Gasteiger partial charge in [-0.1, -0.05) is 30.3 Å². The fourth-order valence-corrected chi connectivity index (χ4v) is 2.64. The lowest BCUT2D eigenvalue weighted by molar-refractivity contribution is 0.629. The molecule has 0 saturated heterocycles. The molecule has 3 rings (SSSR count). The van der Waals surface area contributed by atoms with E-state index in [1.807, 2.05) is 30.3 Å². The van der Waals surface area contributed by atoms with Gasteiger partial charge in [-0.25, -0.2) is 4.39 Å². The molecule has 2 aromatic carbocycles. The average Bonchev–Trinajstić information content (AvgIpc) is 2.55. The highest BCUT2D eigenvalue weighted by molar-refractivity contribution is 5.92. The van der Waals surface area contributed by atoms with Crippen molar-refractivity contribution < 1.29 is 4.39 Å². The van der Waals surface area contributed by atoms with Gasteiger partial charge < -0.3 is 5.73 Å². The van der Waals surface area contributed by atoms with Crippen LogP contribution in [0.3, 0.4) is 0 Å². The maximum Gasteiger partial charge on any atom is 0.124 e. The monoisotopic (exact) mass is 291 g/mol. The van der Waals surface area contributed by atoms with E-state index < -0.39 is 0 Å². The number of hydrogen-bond donors (Lipinski definition) is 1. The summed E-state index contributed by atoms with van der Waals surface area (Å²) in [4.78, 5) is 4.59. The first-order valence-corrected chi connectivity index (χ1v) is 7.02. The summed E-state index contributed by atoms with van der Waals surface area (Å²) in [5.74, 6) is -0.378. The highest BCUT2D eigenvalue weighted by atomic mass is 19.1. The Balaban J connectivity index is 2.41. The van der Waals surface area contributed by atoms with Gasteiger partial charge in [-0.3, -0.25) is 4.98 Å². The van der Waals surface area contributed by atoms with Gasteiger partial charge in [-0.15, -0.1) is 0 Å². The topological polar surface area (TPSA) is 62.7 Å². The van der Waals surface area contributed by atoms with Crippen molar-refractivity contribution in [2.45, 2.75) is 6.42 Å². The number of nitrogens with zero attached hydrogens (tertiary/aromatic N) is 2. The van der Waals surface area contributed by atoms with E-state index in [9.17, 15) is 9.65 Å². The van der Waals surface area contributed by atoms with Gasteiger partial charge >= 0.3 is 0 Å².